The number of nitrogens with two attached hydrogens (primary N) is 1. The van der Waals surface area contributed by atoms with Crippen molar-refractivity contribution in [3.8, 4) is 5.75 Å². The first-order valence-electron chi connectivity index (χ1n) is 6.40. The molecule has 0 aliphatic rings. The SMILES string of the molecule is CCOc1cccc(C(CN)NC(C)CC)c1. The predicted molar refractivity (Wildman–Crippen MR) is 72.3 cm³/mol. The lowest BCUT2D eigenvalue weighted by atomic mass is 10.1. The Hall–Kier alpha value is -1.06. The average Bonchev–Trinajstić information content (AvgIpc) is 2.36. The summed E-state index contributed by atoms with van der Waals surface area (Å²) in [5.74, 6) is 0.911. The molecule has 0 amide bonds. The topological polar surface area (TPSA) is 47.3 Å². The molecule has 1 aromatic rings. The molecule has 0 aliphatic heterocycles. The van der Waals surface area contributed by atoms with Crippen molar-refractivity contribution in [1.29, 1.82) is 0 Å². The Morgan fingerprint density at radius 3 is 2.71 bits per heavy atom. The maximum absolute atomic E-state index is 5.83. The van der Waals surface area contributed by atoms with Crippen molar-refractivity contribution in [2.45, 2.75) is 39.3 Å². The smallest absolute Gasteiger partial charge is 0.119 e. The van der Waals surface area contributed by atoms with Gasteiger partial charge in [0.05, 0.1) is 6.61 Å². The fourth-order valence-corrected chi connectivity index (χ4v) is 1.75. The van der Waals surface area contributed by atoms with Crippen LogP contribution in [0.15, 0.2) is 24.3 Å². The number of hydrogen-bond donors (Lipinski definition) is 2. The van der Waals surface area contributed by atoms with Gasteiger partial charge in [-0.05, 0) is 38.0 Å². The van der Waals surface area contributed by atoms with Crippen LogP contribution in [0.5, 0.6) is 5.75 Å². The van der Waals surface area contributed by atoms with Crippen molar-refractivity contribution in [2.24, 2.45) is 5.73 Å². The van der Waals surface area contributed by atoms with E-state index in [4.69, 9.17) is 10.5 Å². The summed E-state index contributed by atoms with van der Waals surface area (Å²) < 4.78 is 5.50. The number of ether oxygens (including phenoxy) is 1. The normalized spacial score (nSPS) is 14.4. The zero-order valence-electron chi connectivity index (χ0n) is 11.1. The van der Waals surface area contributed by atoms with E-state index < -0.39 is 0 Å². The van der Waals surface area contributed by atoms with Crippen LogP contribution in [0.3, 0.4) is 0 Å². The van der Waals surface area contributed by atoms with Crippen LogP contribution in [-0.2, 0) is 0 Å². The Balaban J connectivity index is 2.76. The van der Waals surface area contributed by atoms with Crippen molar-refractivity contribution >= 4 is 0 Å². The van der Waals surface area contributed by atoms with Gasteiger partial charge in [-0.25, -0.2) is 0 Å². The molecule has 0 aromatic heterocycles. The highest BCUT2D eigenvalue weighted by molar-refractivity contribution is 5.30. The molecule has 17 heavy (non-hydrogen) atoms. The molecule has 0 heterocycles. The first-order chi connectivity index (χ1) is 8.21. The second-order valence-corrected chi connectivity index (χ2v) is 4.27. The Kier molecular flexibility index (Phi) is 6.01. The molecule has 0 bridgehead atoms. The average molecular weight is 236 g/mol. The zero-order chi connectivity index (χ0) is 12.7. The molecule has 1 aromatic carbocycles. The van der Waals surface area contributed by atoms with Gasteiger partial charge < -0.3 is 15.8 Å². The Bertz CT molecular complexity index is 328. The van der Waals surface area contributed by atoms with Gasteiger partial charge >= 0.3 is 0 Å². The summed E-state index contributed by atoms with van der Waals surface area (Å²) in [5, 5.41) is 3.52. The van der Waals surface area contributed by atoms with E-state index in [1.54, 1.807) is 0 Å². The third-order valence-corrected chi connectivity index (χ3v) is 2.91. The van der Waals surface area contributed by atoms with E-state index in [1.807, 2.05) is 19.1 Å². The van der Waals surface area contributed by atoms with Crippen molar-refractivity contribution < 1.29 is 4.74 Å². The molecule has 2 atom stereocenters. The Labute approximate surface area is 104 Å². The lowest BCUT2D eigenvalue weighted by Gasteiger charge is -2.22. The lowest BCUT2D eigenvalue weighted by Crippen LogP contribution is -2.34. The highest BCUT2D eigenvalue weighted by Gasteiger charge is 2.12. The number of nitrogens with one attached hydrogen (secondary N) is 1. The molecule has 96 valence electrons. The van der Waals surface area contributed by atoms with Gasteiger partial charge in [-0.2, -0.15) is 0 Å². The van der Waals surface area contributed by atoms with Crippen molar-refractivity contribution in [1.82, 2.24) is 5.32 Å². The summed E-state index contributed by atoms with van der Waals surface area (Å²) in [4.78, 5) is 0. The van der Waals surface area contributed by atoms with Crippen molar-refractivity contribution in [3.63, 3.8) is 0 Å². The molecular formula is C14H24N2O. The number of benzene rings is 1. The summed E-state index contributed by atoms with van der Waals surface area (Å²) in [7, 11) is 0. The maximum Gasteiger partial charge on any atom is 0.119 e. The molecule has 1 rings (SSSR count). The Morgan fingerprint density at radius 1 is 1.35 bits per heavy atom. The molecule has 0 saturated heterocycles. The fraction of sp³-hybridized carbons (Fsp3) is 0.571. The largest absolute Gasteiger partial charge is 0.494 e. The highest BCUT2D eigenvalue weighted by atomic mass is 16.5. The molecule has 0 fully saturated rings. The molecule has 2 unspecified atom stereocenters. The standard InChI is InChI=1S/C14H24N2O/c1-4-11(3)16-14(10-15)12-7-6-8-13(9-12)17-5-2/h6-9,11,14,16H,4-5,10,15H2,1-3H3. The van der Waals surface area contributed by atoms with Crippen LogP contribution in [0.1, 0.15) is 38.8 Å². The van der Waals surface area contributed by atoms with Crippen LogP contribution >= 0.6 is 0 Å². The van der Waals surface area contributed by atoms with Crippen LogP contribution in [-0.4, -0.2) is 19.2 Å². The van der Waals surface area contributed by atoms with E-state index in [0.717, 1.165) is 12.2 Å². The minimum Gasteiger partial charge on any atom is -0.494 e. The highest BCUT2D eigenvalue weighted by Crippen LogP contribution is 2.19. The molecule has 3 nitrogen and oxygen atoms in total. The summed E-state index contributed by atoms with van der Waals surface area (Å²) in [6, 6.07) is 8.82. The monoisotopic (exact) mass is 236 g/mol. The minimum absolute atomic E-state index is 0.199. The van der Waals surface area contributed by atoms with E-state index in [2.05, 4.69) is 31.3 Å². The third-order valence-electron chi connectivity index (χ3n) is 2.91. The van der Waals surface area contributed by atoms with Crippen LogP contribution < -0.4 is 15.8 Å². The molecular weight excluding hydrogens is 212 g/mol. The van der Waals surface area contributed by atoms with Gasteiger partial charge in [0.15, 0.2) is 0 Å². The van der Waals surface area contributed by atoms with Gasteiger partial charge in [0, 0.05) is 18.6 Å². The van der Waals surface area contributed by atoms with E-state index in [1.165, 1.54) is 5.56 Å². The third kappa shape index (κ3) is 4.36. The van der Waals surface area contributed by atoms with Crippen molar-refractivity contribution in [3.05, 3.63) is 29.8 Å². The lowest BCUT2D eigenvalue weighted by molar-refractivity contribution is 0.339. The van der Waals surface area contributed by atoms with Crippen LogP contribution in [0, 0.1) is 0 Å². The molecule has 3 N–H and O–H groups in total. The maximum atomic E-state index is 5.83. The molecule has 0 saturated carbocycles. The molecule has 0 spiro atoms. The van der Waals surface area contributed by atoms with Gasteiger partial charge in [0.1, 0.15) is 5.75 Å². The summed E-state index contributed by atoms with van der Waals surface area (Å²) in [6.45, 7) is 7.62. The second-order valence-electron chi connectivity index (χ2n) is 4.27. The number of hydrogen-bond acceptors (Lipinski definition) is 3. The van der Waals surface area contributed by atoms with Crippen LogP contribution in [0.4, 0.5) is 0 Å². The van der Waals surface area contributed by atoms with Crippen LogP contribution in [0.2, 0.25) is 0 Å². The summed E-state index contributed by atoms with van der Waals surface area (Å²) in [5.41, 5.74) is 7.02. The fourth-order valence-electron chi connectivity index (χ4n) is 1.75. The predicted octanol–water partition coefficient (Wildman–Crippen LogP) is 2.47. The van der Waals surface area contributed by atoms with E-state index in [-0.39, 0.29) is 6.04 Å². The van der Waals surface area contributed by atoms with Crippen molar-refractivity contribution in [2.75, 3.05) is 13.2 Å². The van der Waals surface area contributed by atoms with Gasteiger partial charge in [0.25, 0.3) is 0 Å². The van der Waals surface area contributed by atoms with Crippen LogP contribution in [0.25, 0.3) is 0 Å². The van der Waals surface area contributed by atoms with Gasteiger partial charge in [0.2, 0.25) is 0 Å². The first-order valence-corrected chi connectivity index (χ1v) is 6.40. The second kappa shape index (κ2) is 7.30. The van der Waals surface area contributed by atoms with Gasteiger partial charge in [-0.3, -0.25) is 0 Å². The molecule has 3 heteroatoms. The minimum atomic E-state index is 0.199. The number of rotatable bonds is 7. The zero-order valence-corrected chi connectivity index (χ0v) is 11.1. The van der Waals surface area contributed by atoms with E-state index in [9.17, 15) is 0 Å². The first kappa shape index (κ1) is 14.0. The van der Waals surface area contributed by atoms with E-state index in [0.29, 0.717) is 19.2 Å². The quantitative estimate of drug-likeness (QED) is 0.764. The molecule has 0 aliphatic carbocycles. The summed E-state index contributed by atoms with van der Waals surface area (Å²) >= 11 is 0. The van der Waals surface area contributed by atoms with E-state index >= 15 is 0 Å². The summed E-state index contributed by atoms with van der Waals surface area (Å²) in [6.07, 6.45) is 1.10. The molecule has 0 radical (unpaired) electrons. The van der Waals surface area contributed by atoms with Gasteiger partial charge in [-0.15, -0.1) is 0 Å². The Morgan fingerprint density at radius 2 is 2.12 bits per heavy atom. The van der Waals surface area contributed by atoms with Gasteiger partial charge in [-0.1, -0.05) is 19.1 Å².